The summed E-state index contributed by atoms with van der Waals surface area (Å²) in [7, 11) is 3.90. The average Bonchev–Trinajstić information content (AvgIpc) is 2.68. The highest BCUT2D eigenvalue weighted by molar-refractivity contribution is 6.32. The summed E-state index contributed by atoms with van der Waals surface area (Å²) in [5.41, 5.74) is 3.73. The molecule has 0 radical (unpaired) electrons. The van der Waals surface area contributed by atoms with Crippen LogP contribution in [0.1, 0.15) is 18.5 Å². The van der Waals surface area contributed by atoms with Crippen LogP contribution in [0, 0.1) is 0 Å². The molecule has 2 aromatic rings. The lowest BCUT2D eigenvalue weighted by Crippen LogP contribution is -2.26. The third-order valence-electron chi connectivity index (χ3n) is 3.24. The van der Waals surface area contributed by atoms with Gasteiger partial charge >= 0.3 is 0 Å². The van der Waals surface area contributed by atoms with E-state index in [0.29, 0.717) is 5.15 Å². The summed E-state index contributed by atoms with van der Waals surface area (Å²) in [6.45, 7) is 2.12. The van der Waals surface area contributed by atoms with E-state index in [4.69, 9.17) is 11.6 Å². The van der Waals surface area contributed by atoms with Gasteiger partial charge in [-0.1, -0.05) is 11.6 Å². The van der Waals surface area contributed by atoms with Crippen molar-refractivity contribution in [3.63, 3.8) is 0 Å². The zero-order valence-electron chi connectivity index (χ0n) is 9.85. The quantitative estimate of drug-likeness (QED) is 0.671. The molecule has 1 aliphatic rings. The predicted molar refractivity (Wildman–Crippen MR) is 66.1 cm³/mol. The lowest BCUT2D eigenvalue weighted by Gasteiger charge is -2.32. The summed E-state index contributed by atoms with van der Waals surface area (Å²) in [5, 5.41) is 4.93. The minimum absolute atomic E-state index is 0.217. The topological polar surface area (TPSA) is 46.8 Å². The minimum Gasteiger partial charge on any atom is -0.363 e. The van der Waals surface area contributed by atoms with E-state index < -0.39 is 0 Å². The molecular formula is C11H12ClN5. The molecular weight excluding hydrogens is 238 g/mol. The van der Waals surface area contributed by atoms with Crippen molar-refractivity contribution in [1.29, 1.82) is 0 Å². The van der Waals surface area contributed by atoms with Crippen molar-refractivity contribution in [2.24, 2.45) is 7.05 Å². The molecule has 0 aliphatic carbocycles. The zero-order chi connectivity index (χ0) is 12.2. The monoisotopic (exact) mass is 249 g/mol. The summed E-state index contributed by atoms with van der Waals surface area (Å²) < 4.78 is 1.81. The number of hydrogen-bond acceptors (Lipinski definition) is 4. The highest BCUT2D eigenvalue weighted by Crippen LogP contribution is 2.43. The van der Waals surface area contributed by atoms with Crippen molar-refractivity contribution in [2.75, 3.05) is 11.9 Å². The first-order valence-electron chi connectivity index (χ1n) is 5.37. The molecule has 88 valence electrons. The Morgan fingerprint density at radius 1 is 1.24 bits per heavy atom. The van der Waals surface area contributed by atoms with Crippen LogP contribution in [0.5, 0.6) is 0 Å². The largest absolute Gasteiger partial charge is 0.363 e. The lowest BCUT2D eigenvalue weighted by atomic mass is 10.00. The Hall–Kier alpha value is -1.62. The summed E-state index contributed by atoms with van der Waals surface area (Å²) in [4.78, 5) is 10.4. The molecule has 5 nitrogen and oxygen atoms in total. The minimum atomic E-state index is 0.217. The Balaban J connectivity index is 2.35. The van der Waals surface area contributed by atoms with Gasteiger partial charge < -0.3 is 4.90 Å². The SMILES string of the molecule is CC1c2cn(C)nc2-c2ncnc(Cl)c2N1C. The van der Waals surface area contributed by atoms with Crippen molar-refractivity contribution in [3.8, 4) is 11.4 Å². The lowest BCUT2D eigenvalue weighted by molar-refractivity contribution is 0.725. The van der Waals surface area contributed by atoms with Crippen LogP contribution in [-0.2, 0) is 7.05 Å². The molecule has 0 aromatic carbocycles. The van der Waals surface area contributed by atoms with Gasteiger partial charge in [0.1, 0.15) is 23.4 Å². The number of aryl methyl sites for hydroxylation is 1. The Bertz CT molecular complexity index is 592. The summed E-state index contributed by atoms with van der Waals surface area (Å²) >= 11 is 6.15. The predicted octanol–water partition coefficient (Wildman–Crippen LogP) is 2.04. The summed E-state index contributed by atoms with van der Waals surface area (Å²) in [6.07, 6.45) is 3.50. The van der Waals surface area contributed by atoms with E-state index in [0.717, 1.165) is 22.6 Å². The van der Waals surface area contributed by atoms with Gasteiger partial charge in [0.25, 0.3) is 0 Å². The second-order valence-electron chi connectivity index (χ2n) is 4.26. The normalized spacial score (nSPS) is 17.9. The molecule has 0 bridgehead atoms. The Morgan fingerprint density at radius 2 is 2.00 bits per heavy atom. The van der Waals surface area contributed by atoms with Gasteiger partial charge in [0.05, 0.1) is 6.04 Å². The van der Waals surface area contributed by atoms with E-state index >= 15 is 0 Å². The maximum atomic E-state index is 6.15. The maximum Gasteiger partial charge on any atom is 0.156 e. The van der Waals surface area contributed by atoms with Crippen molar-refractivity contribution in [3.05, 3.63) is 23.2 Å². The smallest absolute Gasteiger partial charge is 0.156 e. The van der Waals surface area contributed by atoms with E-state index in [9.17, 15) is 0 Å². The fraction of sp³-hybridized carbons (Fsp3) is 0.364. The van der Waals surface area contributed by atoms with Crippen LogP contribution in [-0.4, -0.2) is 26.8 Å². The first kappa shape index (κ1) is 10.5. The molecule has 1 aliphatic heterocycles. The van der Waals surface area contributed by atoms with E-state index in [2.05, 4.69) is 26.9 Å². The van der Waals surface area contributed by atoms with Crippen LogP contribution < -0.4 is 4.90 Å². The molecule has 1 atom stereocenters. The first-order chi connectivity index (χ1) is 8.09. The summed E-state index contributed by atoms with van der Waals surface area (Å²) in [6, 6.07) is 0.217. The molecule has 2 aromatic heterocycles. The average molecular weight is 250 g/mol. The van der Waals surface area contributed by atoms with Crippen LogP contribution >= 0.6 is 11.6 Å². The van der Waals surface area contributed by atoms with Crippen LogP contribution in [0.25, 0.3) is 11.4 Å². The number of aromatic nitrogens is 4. The number of rotatable bonds is 0. The molecule has 0 saturated heterocycles. The molecule has 0 N–H and O–H groups in total. The van der Waals surface area contributed by atoms with Gasteiger partial charge in [0.15, 0.2) is 5.15 Å². The third kappa shape index (κ3) is 1.35. The number of halogens is 1. The molecule has 3 rings (SSSR count). The molecule has 0 amide bonds. The van der Waals surface area contributed by atoms with Crippen molar-refractivity contribution >= 4 is 17.3 Å². The highest BCUT2D eigenvalue weighted by Gasteiger charge is 2.31. The van der Waals surface area contributed by atoms with E-state index in [-0.39, 0.29) is 6.04 Å². The van der Waals surface area contributed by atoms with Gasteiger partial charge in [-0.15, -0.1) is 0 Å². The molecule has 17 heavy (non-hydrogen) atoms. The molecule has 3 heterocycles. The molecule has 6 heteroatoms. The van der Waals surface area contributed by atoms with Gasteiger partial charge in [-0.25, -0.2) is 9.97 Å². The highest BCUT2D eigenvalue weighted by atomic mass is 35.5. The van der Waals surface area contributed by atoms with Crippen LogP contribution in [0.2, 0.25) is 5.15 Å². The first-order valence-corrected chi connectivity index (χ1v) is 5.74. The zero-order valence-corrected chi connectivity index (χ0v) is 10.6. The molecule has 0 saturated carbocycles. The molecule has 0 spiro atoms. The van der Waals surface area contributed by atoms with Gasteiger partial charge in [0, 0.05) is 25.9 Å². The number of anilines is 1. The summed E-state index contributed by atoms with van der Waals surface area (Å²) in [5.74, 6) is 0. The van der Waals surface area contributed by atoms with E-state index in [1.165, 1.54) is 6.33 Å². The van der Waals surface area contributed by atoms with Crippen molar-refractivity contribution < 1.29 is 0 Å². The van der Waals surface area contributed by atoms with E-state index in [1.807, 2.05) is 20.3 Å². The third-order valence-corrected chi connectivity index (χ3v) is 3.52. The van der Waals surface area contributed by atoms with Gasteiger partial charge in [-0.3, -0.25) is 4.68 Å². The van der Waals surface area contributed by atoms with Gasteiger partial charge in [-0.2, -0.15) is 5.10 Å². The van der Waals surface area contributed by atoms with Crippen molar-refractivity contribution in [1.82, 2.24) is 19.7 Å². The van der Waals surface area contributed by atoms with Gasteiger partial charge in [-0.05, 0) is 6.92 Å². The Morgan fingerprint density at radius 3 is 2.76 bits per heavy atom. The number of hydrogen-bond donors (Lipinski definition) is 0. The molecule has 0 fully saturated rings. The Kier molecular flexibility index (Phi) is 2.13. The van der Waals surface area contributed by atoms with Crippen LogP contribution in [0.4, 0.5) is 5.69 Å². The molecule has 1 unspecified atom stereocenters. The van der Waals surface area contributed by atoms with E-state index in [1.54, 1.807) is 4.68 Å². The van der Waals surface area contributed by atoms with Gasteiger partial charge in [0.2, 0.25) is 0 Å². The van der Waals surface area contributed by atoms with Crippen LogP contribution in [0.15, 0.2) is 12.5 Å². The maximum absolute atomic E-state index is 6.15. The van der Waals surface area contributed by atoms with Crippen molar-refractivity contribution in [2.45, 2.75) is 13.0 Å². The fourth-order valence-corrected chi connectivity index (χ4v) is 2.51. The second kappa shape index (κ2) is 3.43. The fourth-order valence-electron chi connectivity index (χ4n) is 2.24. The number of nitrogens with zero attached hydrogens (tertiary/aromatic N) is 5. The Labute approximate surface area is 104 Å². The van der Waals surface area contributed by atoms with Crippen LogP contribution in [0.3, 0.4) is 0 Å². The number of fused-ring (bicyclic) bond motifs is 3. The second-order valence-corrected chi connectivity index (χ2v) is 4.61. The standard InChI is InChI=1S/C11H12ClN5/c1-6-7-4-16(2)15-8(7)9-10(17(6)3)11(12)14-5-13-9/h4-6H,1-3H3.